The van der Waals surface area contributed by atoms with Crippen LogP contribution < -0.4 is 10.6 Å². The third-order valence-electron chi connectivity index (χ3n) is 2.29. The molecule has 86 valence electrons. The number of nitrogens with zero attached hydrogens (tertiary/aromatic N) is 2. The van der Waals surface area contributed by atoms with Crippen LogP contribution in [0.5, 0.6) is 0 Å². The van der Waals surface area contributed by atoms with Crippen LogP contribution in [0.15, 0.2) is 16.6 Å². The van der Waals surface area contributed by atoms with E-state index >= 15 is 0 Å². The molecule has 0 spiro atoms. The Balaban J connectivity index is 2.99. The number of nitriles is 1. The molecule has 2 N–H and O–H groups in total. The summed E-state index contributed by atoms with van der Waals surface area (Å²) in [5.74, 6) is -0.404. The second kappa shape index (κ2) is 5.83. The normalized spacial score (nSPS) is 9.94. The van der Waals surface area contributed by atoms with Crippen molar-refractivity contribution < 1.29 is 4.39 Å². The van der Waals surface area contributed by atoms with Crippen molar-refractivity contribution in [3.05, 3.63) is 28.0 Å². The largest absolute Gasteiger partial charge is 0.372 e. The van der Waals surface area contributed by atoms with Crippen molar-refractivity contribution in [2.75, 3.05) is 25.0 Å². The number of nitrogens with two attached hydrogens (primary N) is 1. The molecule has 0 heterocycles. The van der Waals surface area contributed by atoms with Gasteiger partial charge in [-0.3, -0.25) is 0 Å². The molecular weight excluding hydrogens is 273 g/mol. The summed E-state index contributed by atoms with van der Waals surface area (Å²) in [5, 5.41) is 8.74. The van der Waals surface area contributed by atoms with Gasteiger partial charge in [0.1, 0.15) is 6.07 Å². The minimum atomic E-state index is -0.404. The molecule has 3 nitrogen and oxygen atoms in total. The Kier molecular flexibility index (Phi) is 4.71. The summed E-state index contributed by atoms with van der Waals surface area (Å²) in [7, 11) is 1.80. The topological polar surface area (TPSA) is 53.0 Å². The van der Waals surface area contributed by atoms with Crippen LogP contribution in [0.4, 0.5) is 10.1 Å². The summed E-state index contributed by atoms with van der Waals surface area (Å²) in [5.41, 5.74) is 6.17. The van der Waals surface area contributed by atoms with E-state index in [9.17, 15) is 4.39 Å². The molecule has 1 aromatic carbocycles. The predicted molar refractivity (Wildman–Crippen MR) is 65.8 cm³/mol. The highest BCUT2D eigenvalue weighted by Crippen LogP contribution is 2.28. The van der Waals surface area contributed by atoms with E-state index in [-0.39, 0.29) is 4.47 Å². The average Bonchev–Trinajstić information content (AvgIpc) is 2.29. The first-order valence-corrected chi connectivity index (χ1v) is 5.70. The minimum absolute atomic E-state index is 0.215. The molecule has 0 aromatic heterocycles. The molecule has 0 fully saturated rings. The highest BCUT2D eigenvalue weighted by molar-refractivity contribution is 9.10. The molecule has 1 rings (SSSR count). The lowest BCUT2D eigenvalue weighted by atomic mass is 10.2. The Morgan fingerprint density at radius 1 is 1.56 bits per heavy atom. The fourth-order valence-corrected chi connectivity index (χ4v) is 1.79. The first-order valence-electron chi connectivity index (χ1n) is 4.91. The molecule has 0 aliphatic carbocycles. The van der Waals surface area contributed by atoms with Crippen LogP contribution in [-0.4, -0.2) is 20.1 Å². The lowest BCUT2D eigenvalue weighted by Gasteiger charge is -2.20. The lowest BCUT2D eigenvalue weighted by Crippen LogP contribution is -2.22. The summed E-state index contributed by atoms with van der Waals surface area (Å²) < 4.78 is 14.1. The van der Waals surface area contributed by atoms with Gasteiger partial charge in [0.15, 0.2) is 5.82 Å². The molecule has 5 heteroatoms. The van der Waals surface area contributed by atoms with Crippen molar-refractivity contribution in [2.45, 2.75) is 6.42 Å². The van der Waals surface area contributed by atoms with Gasteiger partial charge in [-0.2, -0.15) is 5.26 Å². The van der Waals surface area contributed by atoms with E-state index in [1.54, 1.807) is 24.1 Å². The number of hydrogen-bond acceptors (Lipinski definition) is 3. The van der Waals surface area contributed by atoms with Crippen LogP contribution in [0.25, 0.3) is 0 Å². The molecular formula is C11H13BrFN3. The van der Waals surface area contributed by atoms with Crippen LogP contribution >= 0.6 is 15.9 Å². The summed E-state index contributed by atoms with van der Waals surface area (Å²) >= 11 is 3.08. The first kappa shape index (κ1) is 12.9. The molecule has 1 aromatic rings. The van der Waals surface area contributed by atoms with Crippen LogP contribution in [0, 0.1) is 17.1 Å². The highest BCUT2D eigenvalue weighted by atomic mass is 79.9. The molecule has 0 radical (unpaired) electrons. The van der Waals surface area contributed by atoms with Crippen molar-refractivity contribution in [1.82, 2.24) is 0 Å². The van der Waals surface area contributed by atoms with Crippen LogP contribution in [0.3, 0.4) is 0 Å². The fourth-order valence-electron chi connectivity index (χ4n) is 1.37. The molecule has 16 heavy (non-hydrogen) atoms. The van der Waals surface area contributed by atoms with E-state index in [4.69, 9.17) is 11.0 Å². The Morgan fingerprint density at radius 2 is 2.25 bits per heavy atom. The Hall–Kier alpha value is -1.12. The second-order valence-electron chi connectivity index (χ2n) is 3.44. The van der Waals surface area contributed by atoms with Crippen molar-refractivity contribution >= 4 is 21.6 Å². The van der Waals surface area contributed by atoms with Crippen molar-refractivity contribution in [3.8, 4) is 6.07 Å². The monoisotopic (exact) mass is 285 g/mol. The van der Waals surface area contributed by atoms with E-state index < -0.39 is 5.82 Å². The summed E-state index contributed by atoms with van der Waals surface area (Å²) in [6, 6.07) is 5.12. The molecule has 0 bridgehead atoms. The molecule has 0 amide bonds. The Bertz CT molecular complexity index is 414. The van der Waals surface area contributed by atoms with E-state index in [1.807, 2.05) is 6.07 Å². The van der Waals surface area contributed by atoms with Gasteiger partial charge in [0.25, 0.3) is 0 Å². The lowest BCUT2D eigenvalue weighted by molar-refractivity contribution is 0.613. The van der Waals surface area contributed by atoms with E-state index in [1.165, 1.54) is 0 Å². The quantitative estimate of drug-likeness (QED) is 0.923. The van der Waals surface area contributed by atoms with Gasteiger partial charge < -0.3 is 10.6 Å². The maximum absolute atomic E-state index is 13.9. The number of benzene rings is 1. The van der Waals surface area contributed by atoms with Gasteiger partial charge in [0.2, 0.25) is 0 Å². The third-order valence-corrected chi connectivity index (χ3v) is 3.07. The fraction of sp³-hybridized carbons (Fsp3) is 0.364. The second-order valence-corrected chi connectivity index (χ2v) is 4.23. The maximum Gasteiger partial charge on any atom is 0.161 e. The van der Waals surface area contributed by atoms with Crippen molar-refractivity contribution in [1.29, 1.82) is 5.26 Å². The van der Waals surface area contributed by atoms with Gasteiger partial charge in [-0.05, 0) is 41.0 Å². The summed E-state index contributed by atoms with van der Waals surface area (Å²) in [6.45, 7) is 1.26. The zero-order chi connectivity index (χ0) is 12.1. The zero-order valence-electron chi connectivity index (χ0n) is 9.00. The van der Waals surface area contributed by atoms with Crippen molar-refractivity contribution in [2.24, 2.45) is 5.73 Å². The minimum Gasteiger partial charge on any atom is -0.372 e. The summed E-state index contributed by atoms with van der Waals surface area (Å²) in [6.07, 6.45) is 0.799. The molecule has 0 saturated heterocycles. The van der Waals surface area contributed by atoms with Gasteiger partial charge in [0.05, 0.1) is 15.7 Å². The maximum atomic E-state index is 13.9. The molecule has 0 atom stereocenters. The van der Waals surface area contributed by atoms with Gasteiger partial charge in [-0.1, -0.05) is 0 Å². The molecule has 0 unspecified atom stereocenters. The van der Waals surface area contributed by atoms with Gasteiger partial charge in [0, 0.05) is 13.6 Å². The van der Waals surface area contributed by atoms with Crippen LogP contribution in [0.1, 0.15) is 12.0 Å². The predicted octanol–water partition coefficient (Wildman–Crippen LogP) is 2.24. The molecule has 0 saturated carbocycles. The number of rotatable bonds is 4. The number of hydrogen-bond donors (Lipinski definition) is 1. The Labute approximate surface area is 103 Å². The Morgan fingerprint density at radius 3 is 2.81 bits per heavy atom. The van der Waals surface area contributed by atoms with E-state index in [0.29, 0.717) is 24.3 Å². The SMILES string of the molecule is CN(CCCN)c1ccc(C#N)c(Br)c1F. The standard InChI is InChI=1S/C11H13BrFN3/c1-16(6-2-5-14)9-4-3-8(7-15)10(12)11(9)13/h3-4H,2,5-6,14H2,1H3. The van der Waals surface area contributed by atoms with Crippen LogP contribution in [-0.2, 0) is 0 Å². The van der Waals surface area contributed by atoms with E-state index in [0.717, 1.165) is 6.42 Å². The van der Waals surface area contributed by atoms with Crippen molar-refractivity contribution in [3.63, 3.8) is 0 Å². The zero-order valence-corrected chi connectivity index (χ0v) is 10.6. The summed E-state index contributed by atoms with van der Waals surface area (Å²) in [4.78, 5) is 1.79. The van der Waals surface area contributed by atoms with Gasteiger partial charge >= 0.3 is 0 Å². The average molecular weight is 286 g/mol. The smallest absolute Gasteiger partial charge is 0.161 e. The molecule has 0 aliphatic heterocycles. The first-order chi connectivity index (χ1) is 7.61. The van der Waals surface area contributed by atoms with Crippen LogP contribution in [0.2, 0.25) is 0 Å². The number of halogens is 2. The van der Waals surface area contributed by atoms with E-state index in [2.05, 4.69) is 15.9 Å². The number of anilines is 1. The highest BCUT2D eigenvalue weighted by Gasteiger charge is 2.13. The molecule has 0 aliphatic rings. The van der Waals surface area contributed by atoms with Gasteiger partial charge in [-0.25, -0.2) is 4.39 Å². The van der Waals surface area contributed by atoms with Gasteiger partial charge in [-0.15, -0.1) is 0 Å². The third kappa shape index (κ3) is 2.71.